The molecule has 17 heavy (non-hydrogen) atoms. The van der Waals surface area contributed by atoms with Gasteiger partial charge in [-0.05, 0) is 37.1 Å². The average molecular weight is 256 g/mol. The fraction of sp³-hybridized carbons (Fsp3) is 0.500. The van der Waals surface area contributed by atoms with E-state index in [4.69, 9.17) is 21.1 Å². The second-order valence-corrected chi connectivity index (χ2v) is 4.79. The number of aliphatic hydroxyl groups is 1. The molecule has 2 atom stereocenters. The monoisotopic (exact) mass is 255 g/mol. The standard InChI is InChI=1S/C12H14ClNO3/c13-8-4-7(5-10-12(8)17-6-16-10)11(15)9-2-1-3-14-9/h4-5,9,11,14-15H,1-3,6H2. The Morgan fingerprint density at radius 1 is 1.41 bits per heavy atom. The highest BCUT2D eigenvalue weighted by Gasteiger charge is 2.27. The maximum absolute atomic E-state index is 10.3. The minimum atomic E-state index is -0.551. The first-order chi connectivity index (χ1) is 8.25. The summed E-state index contributed by atoms with van der Waals surface area (Å²) in [6, 6.07) is 3.66. The van der Waals surface area contributed by atoms with Crippen molar-refractivity contribution < 1.29 is 14.6 Å². The Balaban J connectivity index is 1.90. The number of nitrogens with one attached hydrogen (secondary N) is 1. The summed E-state index contributed by atoms with van der Waals surface area (Å²) < 4.78 is 10.5. The molecule has 1 aromatic rings. The van der Waals surface area contributed by atoms with E-state index in [0.29, 0.717) is 16.5 Å². The average Bonchev–Trinajstić information content (AvgIpc) is 2.98. The summed E-state index contributed by atoms with van der Waals surface area (Å²) in [5.74, 6) is 1.19. The van der Waals surface area contributed by atoms with Crippen molar-refractivity contribution in [2.75, 3.05) is 13.3 Å². The minimum absolute atomic E-state index is 0.103. The second kappa shape index (κ2) is 4.37. The topological polar surface area (TPSA) is 50.7 Å². The molecule has 2 N–H and O–H groups in total. The molecule has 1 saturated heterocycles. The summed E-state index contributed by atoms with van der Waals surface area (Å²) in [5, 5.41) is 14.0. The van der Waals surface area contributed by atoms with Crippen LogP contribution in [-0.2, 0) is 0 Å². The molecule has 0 radical (unpaired) electrons. The Kier molecular flexibility index (Phi) is 2.86. The first-order valence-corrected chi connectivity index (χ1v) is 6.14. The SMILES string of the molecule is OC(c1cc(Cl)c2c(c1)OCO2)C1CCCN1. The Hall–Kier alpha value is -0.970. The Bertz CT molecular complexity index is 432. The van der Waals surface area contributed by atoms with E-state index in [1.165, 1.54) is 0 Å². The van der Waals surface area contributed by atoms with Crippen molar-refractivity contribution in [3.8, 4) is 11.5 Å². The van der Waals surface area contributed by atoms with E-state index in [1.54, 1.807) is 12.1 Å². The van der Waals surface area contributed by atoms with Gasteiger partial charge in [0.05, 0.1) is 11.1 Å². The van der Waals surface area contributed by atoms with Crippen molar-refractivity contribution >= 4 is 11.6 Å². The molecule has 0 aliphatic carbocycles. The molecule has 1 aromatic carbocycles. The lowest BCUT2D eigenvalue weighted by Gasteiger charge is -2.19. The Morgan fingerprint density at radius 3 is 3.06 bits per heavy atom. The van der Waals surface area contributed by atoms with E-state index in [2.05, 4.69) is 5.32 Å². The highest BCUT2D eigenvalue weighted by atomic mass is 35.5. The van der Waals surface area contributed by atoms with Crippen LogP contribution in [0.2, 0.25) is 5.02 Å². The van der Waals surface area contributed by atoms with Gasteiger partial charge in [0, 0.05) is 6.04 Å². The molecule has 0 saturated carbocycles. The van der Waals surface area contributed by atoms with E-state index >= 15 is 0 Å². The second-order valence-electron chi connectivity index (χ2n) is 4.38. The van der Waals surface area contributed by atoms with Crippen LogP contribution in [-0.4, -0.2) is 24.5 Å². The number of aliphatic hydroxyl groups excluding tert-OH is 1. The molecule has 92 valence electrons. The van der Waals surface area contributed by atoms with Gasteiger partial charge in [-0.1, -0.05) is 11.6 Å². The van der Waals surface area contributed by atoms with Gasteiger partial charge in [0.15, 0.2) is 11.5 Å². The van der Waals surface area contributed by atoms with Crippen LogP contribution < -0.4 is 14.8 Å². The summed E-state index contributed by atoms with van der Waals surface area (Å²) in [4.78, 5) is 0. The predicted molar refractivity (Wildman–Crippen MR) is 63.6 cm³/mol. The molecular formula is C12H14ClNO3. The summed E-state index contributed by atoms with van der Waals surface area (Å²) in [6.07, 6.45) is 1.53. The smallest absolute Gasteiger partial charge is 0.231 e. The fourth-order valence-corrected chi connectivity index (χ4v) is 2.65. The highest BCUT2D eigenvalue weighted by molar-refractivity contribution is 6.32. The zero-order chi connectivity index (χ0) is 11.8. The van der Waals surface area contributed by atoms with Gasteiger partial charge in [-0.25, -0.2) is 0 Å². The van der Waals surface area contributed by atoms with E-state index in [9.17, 15) is 5.11 Å². The normalized spacial score (nSPS) is 24.0. The molecule has 0 spiro atoms. The molecule has 1 fully saturated rings. The molecule has 2 unspecified atom stereocenters. The maximum Gasteiger partial charge on any atom is 0.231 e. The van der Waals surface area contributed by atoms with Crippen LogP contribution in [0.5, 0.6) is 11.5 Å². The Morgan fingerprint density at radius 2 is 2.29 bits per heavy atom. The molecule has 0 aromatic heterocycles. The van der Waals surface area contributed by atoms with Gasteiger partial charge in [-0.2, -0.15) is 0 Å². The maximum atomic E-state index is 10.3. The van der Waals surface area contributed by atoms with Crippen molar-refractivity contribution in [1.29, 1.82) is 0 Å². The number of benzene rings is 1. The summed E-state index contributed by atoms with van der Waals surface area (Å²) in [6.45, 7) is 1.15. The first kappa shape index (κ1) is 11.1. The fourth-order valence-electron chi connectivity index (χ4n) is 2.37. The molecule has 2 aliphatic rings. The van der Waals surface area contributed by atoms with E-state index in [0.717, 1.165) is 24.9 Å². The van der Waals surface area contributed by atoms with Gasteiger partial charge in [-0.3, -0.25) is 0 Å². The van der Waals surface area contributed by atoms with Gasteiger partial charge in [0.25, 0.3) is 0 Å². The molecule has 0 bridgehead atoms. The van der Waals surface area contributed by atoms with Crippen LogP contribution >= 0.6 is 11.6 Å². The zero-order valence-corrected chi connectivity index (χ0v) is 10.0. The molecule has 2 aliphatic heterocycles. The summed E-state index contributed by atoms with van der Waals surface area (Å²) in [7, 11) is 0. The van der Waals surface area contributed by atoms with Crippen LogP contribution in [0.25, 0.3) is 0 Å². The molecule has 4 nitrogen and oxygen atoms in total. The van der Waals surface area contributed by atoms with Gasteiger partial charge in [-0.15, -0.1) is 0 Å². The quantitative estimate of drug-likeness (QED) is 0.847. The third kappa shape index (κ3) is 1.97. The van der Waals surface area contributed by atoms with Crippen molar-refractivity contribution in [3.63, 3.8) is 0 Å². The highest BCUT2D eigenvalue weighted by Crippen LogP contribution is 2.41. The van der Waals surface area contributed by atoms with Crippen LogP contribution in [0.4, 0.5) is 0 Å². The molecule has 2 heterocycles. The van der Waals surface area contributed by atoms with Crippen molar-refractivity contribution in [3.05, 3.63) is 22.7 Å². The Labute approximate surface area is 104 Å². The lowest BCUT2D eigenvalue weighted by atomic mass is 10.0. The number of fused-ring (bicyclic) bond motifs is 1. The number of rotatable bonds is 2. The third-order valence-electron chi connectivity index (χ3n) is 3.27. The lowest BCUT2D eigenvalue weighted by molar-refractivity contribution is 0.137. The number of hydrogen-bond donors (Lipinski definition) is 2. The zero-order valence-electron chi connectivity index (χ0n) is 9.28. The van der Waals surface area contributed by atoms with E-state index in [-0.39, 0.29) is 12.8 Å². The van der Waals surface area contributed by atoms with Crippen molar-refractivity contribution in [1.82, 2.24) is 5.32 Å². The first-order valence-electron chi connectivity index (χ1n) is 5.76. The van der Waals surface area contributed by atoms with E-state index in [1.807, 2.05) is 0 Å². The molecule has 3 rings (SSSR count). The minimum Gasteiger partial charge on any atom is -0.454 e. The molecule has 0 amide bonds. The van der Waals surface area contributed by atoms with Crippen molar-refractivity contribution in [2.45, 2.75) is 25.0 Å². The summed E-state index contributed by atoms with van der Waals surface area (Å²) >= 11 is 6.09. The van der Waals surface area contributed by atoms with Crippen LogP contribution in [0.3, 0.4) is 0 Å². The molecular weight excluding hydrogens is 242 g/mol. The van der Waals surface area contributed by atoms with Gasteiger partial charge in [0.2, 0.25) is 6.79 Å². The largest absolute Gasteiger partial charge is 0.454 e. The summed E-state index contributed by atoms with van der Waals surface area (Å²) in [5.41, 5.74) is 0.777. The van der Waals surface area contributed by atoms with Gasteiger partial charge in [0.1, 0.15) is 0 Å². The number of halogens is 1. The predicted octanol–water partition coefficient (Wildman–Crippen LogP) is 1.85. The number of hydrogen-bond acceptors (Lipinski definition) is 4. The van der Waals surface area contributed by atoms with Gasteiger partial charge < -0.3 is 19.9 Å². The third-order valence-corrected chi connectivity index (χ3v) is 3.55. The number of ether oxygens (including phenoxy) is 2. The van der Waals surface area contributed by atoms with E-state index < -0.39 is 6.10 Å². The van der Waals surface area contributed by atoms with Crippen molar-refractivity contribution in [2.24, 2.45) is 0 Å². The van der Waals surface area contributed by atoms with Crippen LogP contribution in [0, 0.1) is 0 Å². The van der Waals surface area contributed by atoms with Crippen LogP contribution in [0.15, 0.2) is 12.1 Å². The van der Waals surface area contributed by atoms with Crippen LogP contribution in [0.1, 0.15) is 24.5 Å². The molecule has 5 heteroatoms. The van der Waals surface area contributed by atoms with Gasteiger partial charge >= 0.3 is 0 Å². The lowest BCUT2D eigenvalue weighted by Crippen LogP contribution is -2.28.